The second kappa shape index (κ2) is 8.79. The maximum atomic E-state index is 12.2. The van der Waals surface area contributed by atoms with E-state index in [1.807, 2.05) is 41.9 Å². The Labute approximate surface area is 165 Å². The van der Waals surface area contributed by atoms with Crippen LogP contribution in [0.4, 0.5) is 10.8 Å². The first kappa shape index (κ1) is 19.1. The first-order valence-corrected chi connectivity index (χ1v) is 10.0. The first-order valence-electron chi connectivity index (χ1n) is 8.29. The van der Waals surface area contributed by atoms with Crippen molar-refractivity contribution in [2.45, 2.75) is 19.8 Å². The van der Waals surface area contributed by atoms with E-state index in [1.54, 1.807) is 13.2 Å². The van der Waals surface area contributed by atoms with Gasteiger partial charge in [0, 0.05) is 11.8 Å². The zero-order chi connectivity index (χ0) is 19.2. The largest absolute Gasteiger partial charge is 0.495 e. The van der Waals surface area contributed by atoms with E-state index in [0.29, 0.717) is 34.3 Å². The second-order valence-electron chi connectivity index (χ2n) is 5.83. The van der Waals surface area contributed by atoms with Crippen molar-refractivity contribution < 1.29 is 14.3 Å². The lowest BCUT2D eigenvalue weighted by Crippen LogP contribution is -2.13. The highest BCUT2D eigenvalue weighted by Gasteiger charge is 2.12. The smallest absolute Gasteiger partial charge is 0.267 e. The van der Waals surface area contributed by atoms with Gasteiger partial charge < -0.3 is 10.1 Å². The van der Waals surface area contributed by atoms with Crippen LogP contribution in [0.3, 0.4) is 0 Å². The molecule has 3 aromatic rings. The molecule has 140 valence electrons. The summed E-state index contributed by atoms with van der Waals surface area (Å²) in [5, 5.41) is 9.88. The molecule has 0 aliphatic carbocycles. The van der Waals surface area contributed by atoms with Crippen molar-refractivity contribution in [3.8, 4) is 5.75 Å². The summed E-state index contributed by atoms with van der Waals surface area (Å²) >= 11 is 2.73. The van der Waals surface area contributed by atoms with Crippen molar-refractivity contribution >= 4 is 45.3 Å². The maximum Gasteiger partial charge on any atom is 0.267 e. The number of aromatic nitrogens is 1. The molecule has 2 N–H and O–H groups in total. The number of methoxy groups -OCH3 is 1. The number of aryl methyl sites for hydroxylation is 2. The van der Waals surface area contributed by atoms with Gasteiger partial charge in [0.15, 0.2) is 5.13 Å². The summed E-state index contributed by atoms with van der Waals surface area (Å²) < 4.78 is 5.27. The number of anilines is 2. The first-order chi connectivity index (χ1) is 13.0. The Balaban J connectivity index is 1.53. The molecule has 3 rings (SSSR count). The lowest BCUT2D eigenvalue weighted by Gasteiger charge is -2.10. The molecule has 2 heterocycles. The zero-order valence-electron chi connectivity index (χ0n) is 14.9. The predicted octanol–water partition coefficient (Wildman–Crippen LogP) is 4.35. The third-order valence-electron chi connectivity index (χ3n) is 3.75. The van der Waals surface area contributed by atoms with Gasteiger partial charge in [-0.05, 0) is 42.5 Å². The fourth-order valence-corrected chi connectivity index (χ4v) is 3.78. The van der Waals surface area contributed by atoms with Gasteiger partial charge in [-0.3, -0.25) is 14.9 Å². The number of thiophene rings is 1. The quantitative estimate of drug-likeness (QED) is 0.617. The van der Waals surface area contributed by atoms with Gasteiger partial charge >= 0.3 is 0 Å². The third-order valence-corrected chi connectivity index (χ3v) is 5.43. The number of ether oxygens (including phenoxy) is 1. The Morgan fingerprint density at radius 3 is 2.78 bits per heavy atom. The average Bonchev–Trinajstić information content (AvgIpc) is 3.32. The van der Waals surface area contributed by atoms with E-state index < -0.39 is 0 Å². The molecule has 6 nitrogen and oxygen atoms in total. The SMILES string of the molecule is COc1ccc(C)cc1NC(=O)CCc1csc(NC(=O)c2cccs2)n1. The Morgan fingerprint density at radius 2 is 2.04 bits per heavy atom. The molecule has 0 saturated heterocycles. The molecule has 0 spiro atoms. The molecule has 0 bridgehead atoms. The van der Waals surface area contributed by atoms with E-state index in [1.165, 1.54) is 22.7 Å². The predicted molar refractivity (Wildman–Crippen MR) is 109 cm³/mol. The van der Waals surface area contributed by atoms with Crippen molar-refractivity contribution in [3.63, 3.8) is 0 Å². The minimum Gasteiger partial charge on any atom is -0.495 e. The number of hydrogen-bond donors (Lipinski definition) is 2. The van der Waals surface area contributed by atoms with Gasteiger partial charge in [-0.1, -0.05) is 12.1 Å². The molecule has 2 aromatic heterocycles. The van der Waals surface area contributed by atoms with Gasteiger partial charge in [0.05, 0.1) is 23.4 Å². The summed E-state index contributed by atoms with van der Waals surface area (Å²) in [4.78, 5) is 29.3. The fraction of sp³-hybridized carbons (Fsp3) is 0.211. The normalized spacial score (nSPS) is 10.4. The zero-order valence-corrected chi connectivity index (χ0v) is 16.6. The van der Waals surface area contributed by atoms with Crippen LogP contribution in [-0.4, -0.2) is 23.9 Å². The summed E-state index contributed by atoms with van der Waals surface area (Å²) in [6.45, 7) is 1.95. The molecule has 0 atom stereocenters. The van der Waals surface area contributed by atoms with Crippen molar-refractivity contribution in [2.75, 3.05) is 17.7 Å². The number of benzene rings is 1. The van der Waals surface area contributed by atoms with Gasteiger partial charge in [0.1, 0.15) is 5.75 Å². The number of rotatable bonds is 7. The number of nitrogens with one attached hydrogen (secondary N) is 2. The molecular formula is C19H19N3O3S2. The molecule has 27 heavy (non-hydrogen) atoms. The van der Waals surface area contributed by atoms with Crippen molar-refractivity contribution in [2.24, 2.45) is 0 Å². The minimum atomic E-state index is -0.171. The summed E-state index contributed by atoms with van der Waals surface area (Å²) in [5.74, 6) is 0.340. The second-order valence-corrected chi connectivity index (χ2v) is 7.63. The number of thiazole rings is 1. The lowest BCUT2D eigenvalue weighted by atomic mass is 10.2. The van der Waals surface area contributed by atoms with E-state index in [0.717, 1.165) is 11.3 Å². The van der Waals surface area contributed by atoms with Crippen LogP contribution >= 0.6 is 22.7 Å². The monoisotopic (exact) mass is 401 g/mol. The van der Waals surface area contributed by atoms with Crippen LogP contribution < -0.4 is 15.4 Å². The van der Waals surface area contributed by atoms with Crippen molar-refractivity contribution in [3.05, 3.63) is 57.2 Å². The third kappa shape index (κ3) is 5.15. The Kier molecular flexibility index (Phi) is 6.20. The molecule has 8 heteroatoms. The van der Waals surface area contributed by atoms with E-state index >= 15 is 0 Å². The Hall–Kier alpha value is -2.71. The highest BCUT2D eigenvalue weighted by atomic mass is 32.1. The van der Waals surface area contributed by atoms with Gasteiger partial charge in [0.25, 0.3) is 5.91 Å². The molecular weight excluding hydrogens is 382 g/mol. The Bertz CT molecular complexity index is 936. The van der Waals surface area contributed by atoms with Crippen LogP contribution in [0.2, 0.25) is 0 Å². The van der Waals surface area contributed by atoms with Crippen molar-refractivity contribution in [1.82, 2.24) is 4.98 Å². The molecule has 0 fully saturated rings. The molecule has 2 amide bonds. The number of hydrogen-bond acceptors (Lipinski definition) is 6. The number of carbonyl (C=O) groups is 2. The molecule has 0 unspecified atom stereocenters. The average molecular weight is 402 g/mol. The summed E-state index contributed by atoms with van der Waals surface area (Å²) in [6, 6.07) is 9.22. The van der Waals surface area contributed by atoms with E-state index in [-0.39, 0.29) is 11.8 Å². The minimum absolute atomic E-state index is 0.115. The molecule has 0 radical (unpaired) electrons. The summed E-state index contributed by atoms with van der Waals surface area (Å²) in [7, 11) is 1.57. The van der Waals surface area contributed by atoms with Crippen LogP contribution in [0.5, 0.6) is 5.75 Å². The van der Waals surface area contributed by atoms with Gasteiger partial charge in [-0.25, -0.2) is 4.98 Å². The van der Waals surface area contributed by atoms with E-state index in [2.05, 4.69) is 15.6 Å². The Morgan fingerprint density at radius 1 is 1.19 bits per heavy atom. The number of carbonyl (C=O) groups excluding carboxylic acids is 2. The van der Waals surface area contributed by atoms with Crippen LogP contribution in [0.25, 0.3) is 0 Å². The standard InChI is InChI=1S/C19H19N3O3S2/c1-12-5-7-15(25-2)14(10-12)21-17(23)8-6-13-11-27-19(20-13)22-18(24)16-4-3-9-26-16/h3-5,7,9-11H,6,8H2,1-2H3,(H,21,23)(H,20,22,24). The molecule has 0 saturated carbocycles. The van der Waals surface area contributed by atoms with Crippen LogP contribution in [0, 0.1) is 6.92 Å². The van der Waals surface area contributed by atoms with Crippen LogP contribution in [0.15, 0.2) is 41.1 Å². The van der Waals surface area contributed by atoms with E-state index in [4.69, 9.17) is 4.74 Å². The summed E-state index contributed by atoms with van der Waals surface area (Å²) in [6.07, 6.45) is 0.782. The number of amides is 2. The maximum absolute atomic E-state index is 12.2. The van der Waals surface area contributed by atoms with Gasteiger partial charge in [-0.2, -0.15) is 0 Å². The van der Waals surface area contributed by atoms with Crippen LogP contribution in [-0.2, 0) is 11.2 Å². The van der Waals surface area contributed by atoms with E-state index in [9.17, 15) is 9.59 Å². The lowest BCUT2D eigenvalue weighted by molar-refractivity contribution is -0.116. The molecule has 0 aliphatic heterocycles. The topological polar surface area (TPSA) is 80.3 Å². The molecule has 1 aromatic carbocycles. The summed E-state index contributed by atoms with van der Waals surface area (Å²) in [5.41, 5.74) is 2.47. The van der Waals surface area contributed by atoms with Gasteiger partial charge in [-0.15, -0.1) is 22.7 Å². The fourth-order valence-electron chi connectivity index (χ4n) is 2.42. The highest BCUT2D eigenvalue weighted by molar-refractivity contribution is 7.14. The highest BCUT2D eigenvalue weighted by Crippen LogP contribution is 2.25. The number of nitrogens with zero attached hydrogens (tertiary/aromatic N) is 1. The van der Waals surface area contributed by atoms with Crippen LogP contribution in [0.1, 0.15) is 27.3 Å². The van der Waals surface area contributed by atoms with Gasteiger partial charge in [0.2, 0.25) is 5.91 Å². The van der Waals surface area contributed by atoms with Crippen molar-refractivity contribution in [1.29, 1.82) is 0 Å². The molecule has 0 aliphatic rings.